The highest BCUT2D eigenvalue weighted by atomic mass is 32.1. The normalized spacial score (nSPS) is 12.4. The van der Waals surface area contributed by atoms with E-state index in [2.05, 4.69) is 32.7 Å². The molecule has 0 bridgehead atoms. The first-order valence-corrected chi connectivity index (χ1v) is 8.08. The van der Waals surface area contributed by atoms with Crippen molar-refractivity contribution in [2.45, 2.75) is 33.2 Å². The van der Waals surface area contributed by atoms with Crippen molar-refractivity contribution in [1.29, 1.82) is 0 Å². The van der Waals surface area contributed by atoms with Crippen LogP contribution < -0.4 is 4.90 Å². The van der Waals surface area contributed by atoms with E-state index in [1.165, 1.54) is 11.3 Å². The molecule has 0 aliphatic carbocycles. The fourth-order valence-electron chi connectivity index (χ4n) is 2.38. The SMILES string of the molecule is CC(C)CC(C)N(C)c1nc(-c2ccccc2)c(C=O)s1. The van der Waals surface area contributed by atoms with Crippen molar-refractivity contribution in [2.24, 2.45) is 5.92 Å². The Morgan fingerprint density at radius 3 is 2.48 bits per heavy atom. The van der Waals surface area contributed by atoms with Gasteiger partial charge in [-0.1, -0.05) is 55.5 Å². The second-order valence-electron chi connectivity index (χ2n) is 5.78. The standard InChI is InChI=1S/C17H22N2OS/c1-12(2)10-13(3)19(4)17-18-16(15(11-20)21-17)14-8-6-5-7-9-14/h5-9,11-13H,10H2,1-4H3. The Morgan fingerprint density at radius 1 is 1.24 bits per heavy atom. The first kappa shape index (κ1) is 15.7. The predicted molar refractivity (Wildman–Crippen MR) is 90.3 cm³/mol. The molecule has 1 unspecified atom stereocenters. The van der Waals surface area contributed by atoms with Crippen molar-refractivity contribution in [1.82, 2.24) is 4.98 Å². The van der Waals surface area contributed by atoms with Gasteiger partial charge in [-0.15, -0.1) is 0 Å². The molecule has 0 saturated carbocycles. The highest BCUT2D eigenvalue weighted by molar-refractivity contribution is 7.17. The molecule has 1 aromatic heterocycles. The van der Waals surface area contributed by atoms with Gasteiger partial charge in [0.25, 0.3) is 0 Å². The van der Waals surface area contributed by atoms with Crippen molar-refractivity contribution in [3.63, 3.8) is 0 Å². The summed E-state index contributed by atoms with van der Waals surface area (Å²) in [6.45, 7) is 6.64. The van der Waals surface area contributed by atoms with Gasteiger partial charge in [0.1, 0.15) is 0 Å². The topological polar surface area (TPSA) is 33.2 Å². The fourth-order valence-corrected chi connectivity index (χ4v) is 3.35. The van der Waals surface area contributed by atoms with Gasteiger partial charge in [-0.3, -0.25) is 4.79 Å². The highest BCUT2D eigenvalue weighted by Gasteiger charge is 2.18. The molecule has 0 aliphatic rings. The molecular weight excluding hydrogens is 280 g/mol. The zero-order valence-corrected chi connectivity index (χ0v) is 13.9. The molecule has 0 N–H and O–H groups in total. The molecular formula is C17H22N2OS. The summed E-state index contributed by atoms with van der Waals surface area (Å²) in [6.07, 6.45) is 2.01. The highest BCUT2D eigenvalue weighted by Crippen LogP contribution is 2.32. The van der Waals surface area contributed by atoms with Crippen LogP contribution in [-0.2, 0) is 0 Å². The number of aldehydes is 1. The van der Waals surface area contributed by atoms with E-state index in [1.807, 2.05) is 30.3 Å². The van der Waals surface area contributed by atoms with E-state index in [0.29, 0.717) is 16.8 Å². The Morgan fingerprint density at radius 2 is 1.90 bits per heavy atom. The Labute approximate surface area is 130 Å². The van der Waals surface area contributed by atoms with E-state index in [4.69, 9.17) is 4.98 Å². The minimum atomic E-state index is 0.402. The average molecular weight is 302 g/mol. The molecule has 1 heterocycles. The molecule has 2 aromatic rings. The Balaban J connectivity index is 2.31. The first-order chi connectivity index (χ1) is 10.0. The average Bonchev–Trinajstić information content (AvgIpc) is 2.90. The van der Waals surface area contributed by atoms with Gasteiger partial charge in [0.2, 0.25) is 0 Å². The van der Waals surface area contributed by atoms with Gasteiger partial charge in [0, 0.05) is 18.7 Å². The number of anilines is 1. The van der Waals surface area contributed by atoms with E-state index in [-0.39, 0.29) is 0 Å². The second kappa shape index (κ2) is 6.85. The number of nitrogens with zero attached hydrogens (tertiary/aromatic N) is 2. The molecule has 0 aliphatic heterocycles. The van der Waals surface area contributed by atoms with Crippen LogP contribution >= 0.6 is 11.3 Å². The minimum absolute atomic E-state index is 0.402. The molecule has 2 rings (SSSR count). The number of thiazole rings is 1. The van der Waals surface area contributed by atoms with Crippen LogP contribution in [0.1, 0.15) is 36.9 Å². The molecule has 0 spiro atoms. The van der Waals surface area contributed by atoms with Crippen LogP contribution in [0.15, 0.2) is 30.3 Å². The Bertz CT molecular complexity index is 592. The molecule has 3 nitrogen and oxygen atoms in total. The van der Waals surface area contributed by atoms with Crippen LogP contribution in [0.3, 0.4) is 0 Å². The van der Waals surface area contributed by atoms with Gasteiger partial charge >= 0.3 is 0 Å². The Kier molecular flexibility index (Phi) is 5.12. The van der Waals surface area contributed by atoms with Crippen LogP contribution in [0.25, 0.3) is 11.3 Å². The van der Waals surface area contributed by atoms with Crippen molar-refractivity contribution < 1.29 is 4.79 Å². The number of carbonyl (C=O) groups excluding carboxylic acids is 1. The van der Waals surface area contributed by atoms with Gasteiger partial charge in [0.05, 0.1) is 10.6 Å². The molecule has 0 radical (unpaired) electrons. The third kappa shape index (κ3) is 3.70. The largest absolute Gasteiger partial charge is 0.348 e. The number of aromatic nitrogens is 1. The molecule has 21 heavy (non-hydrogen) atoms. The lowest BCUT2D eigenvalue weighted by Crippen LogP contribution is -2.29. The lowest BCUT2D eigenvalue weighted by Gasteiger charge is -2.25. The fraction of sp³-hybridized carbons (Fsp3) is 0.412. The van der Waals surface area contributed by atoms with Gasteiger partial charge in [-0.05, 0) is 19.3 Å². The van der Waals surface area contributed by atoms with E-state index >= 15 is 0 Å². The van der Waals surface area contributed by atoms with Crippen LogP contribution in [-0.4, -0.2) is 24.4 Å². The lowest BCUT2D eigenvalue weighted by molar-refractivity contribution is 0.112. The number of carbonyl (C=O) groups is 1. The van der Waals surface area contributed by atoms with Gasteiger partial charge < -0.3 is 4.90 Å². The molecule has 4 heteroatoms. The maximum Gasteiger partial charge on any atom is 0.186 e. The van der Waals surface area contributed by atoms with Crippen molar-refractivity contribution in [3.8, 4) is 11.3 Å². The molecule has 1 aromatic carbocycles. The molecule has 0 amide bonds. The van der Waals surface area contributed by atoms with Crippen molar-refractivity contribution >= 4 is 22.8 Å². The zero-order valence-electron chi connectivity index (χ0n) is 13.0. The number of rotatable bonds is 6. The van der Waals surface area contributed by atoms with Crippen molar-refractivity contribution in [2.75, 3.05) is 11.9 Å². The zero-order chi connectivity index (χ0) is 15.4. The summed E-state index contributed by atoms with van der Waals surface area (Å²) < 4.78 is 0. The lowest BCUT2D eigenvalue weighted by atomic mass is 10.0. The maximum atomic E-state index is 11.3. The summed E-state index contributed by atoms with van der Waals surface area (Å²) in [6, 6.07) is 10.3. The monoisotopic (exact) mass is 302 g/mol. The Hall–Kier alpha value is -1.68. The maximum absolute atomic E-state index is 11.3. The third-order valence-corrected chi connectivity index (χ3v) is 4.64. The summed E-state index contributed by atoms with van der Waals surface area (Å²) >= 11 is 1.46. The van der Waals surface area contributed by atoms with E-state index in [9.17, 15) is 4.79 Å². The predicted octanol–water partition coefficient (Wildman–Crippen LogP) is 4.49. The molecule has 112 valence electrons. The van der Waals surface area contributed by atoms with Crippen LogP contribution in [0, 0.1) is 5.92 Å². The summed E-state index contributed by atoms with van der Waals surface area (Å²) in [5.41, 5.74) is 1.78. The van der Waals surface area contributed by atoms with Gasteiger partial charge in [-0.2, -0.15) is 0 Å². The molecule has 1 atom stereocenters. The summed E-state index contributed by atoms with van der Waals surface area (Å²) in [5.74, 6) is 0.640. The second-order valence-corrected chi connectivity index (χ2v) is 6.79. The smallest absolute Gasteiger partial charge is 0.186 e. The van der Waals surface area contributed by atoms with Gasteiger partial charge in [-0.25, -0.2) is 4.98 Å². The van der Waals surface area contributed by atoms with Crippen LogP contribution in [0.2, 0.25) is 0 Å². The van der Waals surface area contributed by atoms with Gasteiger partial charge in [0.15, 0.2) is 11.4 Å². The summed E-state index contributed by atoms with van der Waals surface area (Å²) in [4.78, 5) is 18.9. The summed E-state index contributed by atoms with van der Waals surface area (Å²) in [5, 5.41) is 0.907. The minimum Gasteiger partial charge on any atom is -0.348 e. The summed E-state index contributed by atoms with van der Waals surface area (Å²) in [7, 11) is 2.05. The van der Waals surface area contributed by atoms with Crippen LogP contribution in [0.5, 0.6) is 0 Å². The first-order valence-electron chi connectivity index (χ1n) is 7.27. The van der Waals surface area contributed by atoms with E-state index in [0.717, 1.165) is 29.1 Å². The molecule has 0 saturated heterocycles. The number of benzene rings is 1. The quantitative estimate of drug-likeness (QED) is 0.737. The molecule has 0 fully saturated rings. The third-order valence-electron chi connectivity index (χ3n) is 3.57. The number of hydrogen-bond acceptors (Lipinski definition) is 4. The van der Waals surface area contributed by atoms with E-state index in [1.54, 1.807) is 0 Å². The van der Waals surface area contributed by atoms with Crippen LogP contribution in [0.4, 0.5) is 5.13 Å². The van der Waals surface area contributed by atoms with E-state index < -0.39 is 0 Å². The number of hydrogen-bond donors (Lipinski definition) is 0. The van der Waals surface area contributed by atoms with Crippen molar-refractivity contribution in [3.05, 3.63) is 35.2 Å².